The molecular formula is C14H17ClN4O2. The number of pyridine rings is 1. The fourth-order valence-electron chi connectivity index (χ4n) is 2.10. The van der Waals surface area contributed by atoms with Crippen LogP contribution >= 0.6 is 11.6 Å². The van der Waals surface area contributed by atoms with E-state index in [9.17, 15) is 4.79 Å². The second-order valence-electron chi connectivity index (χ2n) is 4.73. The van der Waals surface area contributed by atoms with Gasteiger partial charge in [-0.15, -0.1) is 0 Å². The van der Waals surface area contributed by atoms with Crippen LogP contribution in [0.3, 0.4) is 0 Å². The molecule has 2 rings (SSSR count). The molecule has 0 saturated heterocycles. The standard InChI is InChI=1S/C14H17ClN4O2/c1-7-6-10(9(3)21-7)8(2)17-14(20)13-11(15)4-5-12(18-13)19-16/h4-6,8H,16H2,1-3H3,(H,17,20)(H,18,19). The third-order valence-corrected chi connectivity index (χ3v) is 3.41. The number of hydrazine groups is 1. The summed E-state index contributed by atoms with van der Waals surface area (Å²) in [6, 6.07) is 4.83. The molecule has 0 aliphatic heterocycles. The van der Waals surface area contributed by atoms with Crippen molar-refractivity contribution < 1.29 is 9.21 Å². The Hall–Kier alpha value is -2.05. The highest BCUT2D eigenvalue weighted by Crippen LogP contribution is 2.22. The molecule has 0 saturated carbocycles. The number of nitrogen functional groups attached to an aromatic ring is 1. The average Bonchev–Trinajstić information content (AvgIpc) is 2.78. The molecule has 21 heavy (non-hydrogen) atoms. The zero-order chi connectivity index (χ0) is 15.6. The van der Waals surface area contributed by atoms with E-state index in [2.05, 4.69) is 15.7 Å². The van der Waals surface area contributed by atoms with Gasteiger partial charge in [0.2, 0.25) is 0 Å². The first kappa shape index (κ1) is 15.3. The van der Waals surface area contributed by atoms with Gasteiger partial charge in [-0.1, -0.05) is 11.6 Å². The van der Waals surface area contributed by atoms with Crippen molar-refractivity contribution >= 4 is 23.3 Å². The van der Waals surface area contributed by atoms with Crippen LogP contribution in [0.4, 0.5) is 5.82 Å². The van der Waals surface area contributed by atoms with Crippen LogP contribution in [0.15, 0.2) is 22.6 Å². The largest absolute Gasteiger partial charge is 0.466 e. The van der Waals surface area contributed by atoms with E-state index in [1.807, 2.05) is 26.8 Å². The summed E-state index contributed by atoms with van der Waals surface area (Å²) in [6.07, 6.45) is 0. The molecule has 1 unspecified atom stereocenters. The number of carbonyl (C=O) groups excluding carboxylic acids is 1. The van der Waals surface area contributed by atoms with Gasteiger partial charge in [-0.05, 0) is 39.0 Å². The normalized spacial score (nSPS) is 12.0. The van der Waals surface area contributed by atoms with Gasteiger partial charge in [0.1, 0.15) is 23.0 Å². The summed E-state index contributed by atoms with van der Waals surface area (Å²) in [6.45, 7) is 5.59. The molecule has 0 spiro atoms. The van der Waals surface area contributed by atoms with E-state index in [-0.39, 0.29) is 22.7 Å². The van der Waals surface area contributed by atoms with Gasteiger partial charge in [0.15, 0.2) is 0 Å². The van der Waals surface area contributed by atoms with Gasteiger partial charge in [0.25, 0.3) is 5.91 Å². The number of aryl methyl sites for hydroxylation is 2. The number of hydrogen-bond donors (Lipinski definition) is 3. The Morgan fingerprint density at radius 3 is 2.71 bits per heavy atom. The minimum Gasteiger partial charge on any atom is -0.466 e. The van der Waals surface area contributed by atoms with Crippen LogP contribution in [-0.2, 0) is 0 Å². The molecule has 0 aliphatic carbocycles. The third kappa shape index (κ3) is 3.34. The molecule has 7 heteroatoms. The van der Waals surface area contributed by atoms with Crippen LogP contribution in [0.1, 0.15) is 40.5 Å². The molecule has 4 N–H and O–H groups in total. The van der Waals surface area contributed by atoms with Crippen molar-refractivity contribution in [2.75, 3.05) is 5.43 Å². The van der Waals surface area contributed by atoms with Crippen molar-refractivity contribution in [2.24, 2.45) is 5.84 Å². The Morgan fingerprint density at radius 2 is 2.14 bits per heavy atom. The minimum atomic E-state index is -0.372. The summed E-state index contributed by atoms with van der Waals surface area (Å²) < 4.78 is 5.46. The first-order valence-corrected chi connectivity index (χ1v) is 6.81. The van der Waals surface area contributed by atoms with Crippen molar-refractivity contribution in [3.63, 3.8) is 0 Å². The number of anilines is 1. The van der Waals surface area contributed by atoms with E-state index in [0.29, 0.717) is 5.82 Å². The molecule has 1 amide bonds. The molecule has 0 radical (unpaired) electrons. The lowest BCUT2D eigenvalue weighted by Gasteiger charge is -2.14. The number of aromatic nitrogens is 1. The Bertz CT molecular complexity index is 669. The molecule has 0 fully saturated rings. The first-order valence-electron chi connectivity index (χ1n) is 6.43. The predicted octanol–water partition coefficient (Wildman–Crippen LogP) is 2.72. The van der Waals surface area contributed by atoms with Crippen LogP contribution in [0.5, 0.6) is 0 Å². The van der Waals surface area contributed by atoms with Crippen molar-refractivity contribution in [1.82, 2.24) is 10.3 Å². The second kappa shape index (κ2) is 6.15. The van der Waals surface area contributed by atoms with Gasteiger partial charge < -0.3 is 15.2 Å². The molecule has 2 heterocycles. The van der Waals surface area contributed by atoms with Gasteiger partial charge in [-0.25, -0.2) is 10.8 Å². The number of furan rings is 1. The van der Waals surface area contributed by atoms with Crippen LogP contribution in [0, 0.1) is 13.8 Å². The smallest absolute Gasteiger partial charge is 0.271 e. The molecule has 6 nitrogen and oxygen atoms in total. The van der Waals surface area contributed by atoms with Gasteiger partial charge in [0, 0.05) is 5.56 Å². The SMILES string of the molecule is Cc1cc(C(C)NC(=O)c2nc(NN)ccc2Cl)c(C)o1. The van der Waals surface area contributed by atoms with E-state index >= 15 is 0 Å². The van der Waals surface area contributed by atoms with E-state index < -0.39 is 0 Å². The number of carbonyl (C=O) groups is 1. The van der Waals surface area contributed by atoms with Crippen LogP contribution in [-0.4, -0.2) is 10.9 Å². The first-order chi connectivity index (χ1) is 9.92. The lowest BCUT2D eigenvalue weighted by Crippen LogP contribution is -2.28. The molecule has 2 aromatic rings. The fraction of sp³-hybridized carbons (Fsp3) is 0.286. The lowest BCUT2D eigenvalue weighted by molar-refractivity contribution is 0.0935. The average molecular weight is 309 g/mol. The van der Waals surface area contributed by atoms with E-state index in [1.54, 1.807) is 12.1 Å². The monoisotopic (exact) mass is 308 g/mol. The van der Waals surface area contributed by atoms with Crippen molar-refractivity contribution in [3.05, 3.63) is 46.0 Å². The number of hydrogen-bond acceptors (Lipinski definition) is 5. The third-order valence-electron chi connectivity index (χ3n) is 3.10. The maximum Gasteiger partial charge on any atom is 0.271 e. The molecule has 112 valence electrons. The van der Waals surface area contributed by atoms with Crippen molar-refractivity contribution in [3.8, 4) is 0 Å². The molecule has 1 atom stereocenters. The topological polar surface area (TPSA) is 93.2 Å². The fourth-order valence-corrected chi connectivity index (χ4v) is 2.30. The summed E-state index contributed by atoms with van der Waals surface area (Å²) in [4.78, 5) is 16.3. The summed E-state index contributed by atoms with van der Waals surface area (Å²) in [5.74, 6) is 6.85. The quantitative estimate of drug-likeness (QED) is 0.596. The zero-order valence-corrected chi connectivity index (χ0v) is 12.8. The van der Waals surface area contributed by atoms with E-state index in [4.69, 9.17) is 21.9 Å². The number of nitrogens with one attached hydrogen (secondary N) is 2. The van der Waals surface area contributed by atoms with Gasteiger partial charge >= 0.3 is 0 Å². The molecule has 0 aliphatic rings. The summed E-state index contributed by atoms with van der Waals surface area (Å²) >= 11 is 6.00. The van der Waals surface area contributed by atoms with Crippen molar-refractivity contribution in [2.45, 2.75) is 26.8 Å². The summed E-state index contributed by atoms with van der Waals surface area (Å²) in [5.41, 5.74) is 3.43. The number of rotatable bonds is 4. The van der Waals surface area contributed by atoms with E-state index in [1.165, 1.54) is 0 Å². The Balaban J connectivity index is 2.20. The molecule has 0 bridgehead atoms. The van der Waals surface area contributed by atoms with Crippen molar-refractivity contribution in [1.29, 1.82) is 0 Å². The Labute approximate surface area is 127 Å². The molecular weight excluding hydrogens is 292 g/mol. The summed E-state index contributed by atoms with van der Waals surface area (Å²) in [5, 5.41) is 3.11. The maximum atomic E-state index is 12.3. The van der Waals surface area contributed by atoms with Crippen LogP contribution in [0.25, 0.3) is 0 Å². The van der Waals surface area contributed by atoms with Crippen LogP contribution in [0.2, 0.25) is 5.02 Å². The lowest BCUT2D eigenvalue weighted by atomic mass is 10.1. The van der Waals surface area contributed by atoms with Gasteiger partial charge in [0.05, 0.1) is 11.1 Å². The highest BCUT2D eigenvalue weighted by molar-refractivity contribution is 6.33. The van der Waals surface area contributed by atoms with Crippen LogP contribution < -0.4 is 16.6 Å². The predicted molar refractivity (Wildman–Crippen MR) is 81.1 cm³/mol. The van der Waals surface area contributed by atoms with Gasteiger partial charge in [-0.2, -0.15) is 0 Å². The number of halogens is 1. The Kier molecular flexibility index (Phi) is 4.50. The maximum absolute atomic E-state index is 12.3. The second-order valence-corrected chi connectivity index (χ2v) is 5.14. The number of nitrogens with two attached hydrogens (primary N) is 1. The highest BCUT2D eigenvalue weighted by atomic mass is 35.5. The summed E-state index contributed by atoms with van der Waals surface area (Å²) in [7, 11) is 0. The Morgan fingerprint density at radius 1 is 1.43 bits per heavy atom. The molecule has 2 aromatic heterocycles. The highest BCUT2D eigenvalue weighted by Gasteiger charge is 2.19. The van der Waals surface area contributed by atoms with Gasteiger partial charge in [-0.3, -0.25) is 4.79 Å². The molecule has 0 aromatic carbocycles. The number of amides is 1. The zero-order valence-electron chi connectivity index (χ0n) is 12.0. The van der Waals surface area contributed by atoms with E-state index in [0.717, 1.165) is 17.1 Å². The minimum absolute atomic E-state index is 0.122. The number of nitrogens with zero attached hydrogens (tertiary/aromatic N) is 1.